The summed E-state index contributed by atoms with van der Waals surface area (Å²) in [6.45, 7) is 4.64. The number of phenolic OH excluding ortho intramolecular Hbond substituents is 1. The first-order chi connectivity index (χ1) is 13.7. The summed E-state index contributed by atoms with van der Waals surface area (Å²) < 4.78 is 12.7. The number of benzene rings is 2. The largest absolute Gasteiger partial charge is 0.504 e. The van der Waals surface area contributed by atoms with Gasteiger partial charge in [0.05, 0.1) is 16.8 Å². The van der Waals surface area contributed by atoms with Crippen molar-refractivity contribution in [1.82, 2.24) is 9.88 Å². The molecule has 4 aromatic rings. The zero-order chi connectivity index (χ0) is 19.1. The van der Waals surface area contributed by atoms with Crippen LogP contribution in [-0.4, -0.2) is 28.1 Å². The number of hydrogen-bond acceptors (Lipinski definition) is 6. The van der Waals surface area contributed by atoms with Gasteiger partial charge in [0, 0.05) is 24.2 Å². The minimum atomic E-state index is 0.169. The van der Waals surface area contributed by atoms with Crippen molar-refractivity contribution in [3.63, 3.8) is 0 Å². The van der Waals surface area contributed by atoms with Crippen molar-refractivity contribution in [3.8, 4) is 22.1 Å². The van der Waals surface area contributed by atoms with Gasteiger partial charge in [-0.25, -0.2) is 4.98 Å². The highest BCUT2D eigenvalue weighted by molar-refractivity contribution is 7.21. The van der Waals surface area contributed by atoms with Crippen LogP contribution in [0, 0.1) is 6.92 Å². The number of para-hydroxylation sites is 1. The van der Waals surface area contributed by atoms with E-state index < -0.39 is 0 Å². The molecule has 1 aliphatic heterocycles. The Labute approximate surface area is 166 Å². The number of ether oxygens (including phenoxy) is 1. The fourth-order valence-corrected chi connectivity index (χ4v) is 4.55. The van der Waals surface area contributed by atoms with Crippen LogP contribution in [0.5, 0.6) is 11.5 Å². The van der Waals surface area contributed by atoms with Crippen molar-refractivity contribution in [2.75, 3.05) is 13.2 Å². The van der Waals surface area contributed by atoms with E-state index in [4.69, 9.17) is 14.1 Å². The van der Waals surface area contributed by atoms with Gasteiger partial charge < -0.3 is 14.3 Å². The number of aromatic hydroxyl groups is 1. The van der Waals surface area contributed by atoms with Gasteiger partial charge in [0.25, 0.3) is 0 Å². The topological polar surface area (TPSA) is 58.7 Å². The highest BCUT2D eigenvalue weighted by Gasteiger charge is 2.21. The molecule has 0 saturated carbocycles. The summed E-state index contributed by atoms with van der Waals surface area (Å²) >= 11 is 1.63. The number of phenols is 1. The van der Waals surface area contributed by atoms with Gasteiger partial charge in [0.15, 0.2) is 11.5 Å². The highest BCUT2D eigenvalue weighted by atomic mass is 32.1. The summed E-state index contributed by atoms with van der Waals surface area (Å²) in [5, 5.41) is 11.5. The smallest absolute Gasteiger partial charge is 0.165 e. The Bertz CT molecular complexity index is 1110. The van der Waals surface area contributed by atoms with Crippen LogP contribution < -0.4 is 4.74 Å². The lowest BCUT2D eigenvalue weighted by molar-refractivity contribution is 0.204. The average Bonchev–Trinajstić information content (AvgIpc) is 3.23. The summed E-state index contributed by atoms with van der Waals surface area (Å²) in [6.07, 6.45) is 0. The van der Waals surface area contributed by atoms with E-state index in [-0.39, 0.29) is 5.75 Å². The molecule has 0 saturated heterocycles. The summed E-state index contributed by atoms with van der Waals surface area (Å²) in [4.78, 5) is 6.99. The van der Waals surface area contributed by atoms with Crippen LogP contribution in [0.1, 0.15) is 17.1 Å². The fourth-order valence-electron chi connectivity index (χ4n) is 3.60. The van der Waals surface area contributed by atoms with E-state index in [9.17, 15) is 5.11 Å². The summed E-state index contributed by atoms with van der Waals surface area (Å²) in [5.41, 5.74) is 2.86. The molecule has 0 fully saturated rings. The van der Waals surface area contributed by atoms with Crippen molar-refractivity contribution in [2.24, 2.45) is 0 Å². The van der Waals surface area contributed by atoms with E-state index >= 15 is 0 Å². The minimum absolute atomic E-state index is 0.169. The van der Waals surface area contributed by atoms with Gasteiger partial charge in [0.1, 0.15) is 23.1 Å². The lowest BCUT2D eigenvalue weighted by Gasteiger charge is -2.18. The van der Waals surface area contributed by atoms with Gasteiger partial charge in [-0.05, 0) is 43.3 Å². The van der Waals surface area contributed by atoms with Crippen LogP contribution in [0.2, 0.25) is 0 Å². The number of hydrogen-bond donors (Lipinski definition) is 1. The maximum Gasteiger partial charge on any atom is 0.165 e. The molecular weight excluding hydrogens is 372 g/mol. The Morgan fingerprint density at radius 2 is 2.07 bits per heavy atom. The van der Waals surface area contributed by atoms with E-state index in [1.165, 1.54) is 0 Å². The molecule has 1 aliphatic rings. The Kier molecular flexibility index (Phi) is 4.30. The molecule has 2 aromatic heterocycles. The maximum atomic E-state index is 10.6. The molecule has 2 aromatic carbocycles. The molecule has 0 amide bonds. The van der Waals surface area contributed by atoms with Gasteiger partial charge in [-0.3, -0.25) is 4.90 Å². The van der Waals surface area contributed by atoms with Crippen molar-refractivity contribution in [1.29, 1.82) is 0 Å². The molecule has 142 valence electrons. The molecule has 0 spiro atoms. The second kappa shape index (κ2) is 6.96. The maximum absolute atomic E-state index is 10.6. The monoisotopic (exact) mass is 392 g/mol. The quantitative estimate of drug-likeness (QED) is 0.534. The first-order valence-electron chi connectivity index (χ1n) is 9.28. The molecule has 5 rings (SSSR count). The number of thiazole rings is 1. The van der Waals surface area contributed by atoms with Crippen LogP contribution >= 0.6 is 11.3 Å². The number of aryl methyl sites for hydroxylation is 1. The molecule has 0 unspecified atom stereocenters. The third kappa shape index (κ3) is 3.25. The molecule has 0 aliphatic carbocycles. The zero-order valence-electron chi connectivity index (χ0n) is 15.5. The van der Waals surface area contributed by atoms with Crippen LogP contribution in [-0.2, 0) is 13.1 Å². The lowest BCUT2D eigenvalue weighted by Crippen LogP contribution is -2.25. The third-order valence-corrected chi connectivity index (χ3v) is 6.00. The van der Waals surface area contributed by atoms with E-state index in [1.807, 2.05) is 37.3 Å². The standard InChI is InChI=1S/C22H20N2O3S/c1-14-6-7-17(27-14)13-24-8-9-26-21-16(12-24)10-15(11-19(21)25)22-23-18-4-2-3-5-20(18)28-22/h2-7,10-11,25H,8-9,12-13H2,1H3. The number of fused-ring (bicyclic) bond motifs is 2. The van der Waals surface area contributed by atoms with Gasteiger partial charge in [-0.15, -0.1) is 11.3 Å². The minimum Gasteiger partial charge on any atom is -0.504 e. The molecular formula is C22H20N2O3S. The zero-order valence-corrected chi connectivity index (χ0v) is 16.3. The SMILES string of the molecule is Cc1ccc(CN2CCOc3c(O)cc(-c4nc5ccccc5s4)cc3C2)o1. The number of rotatable bonds is 3. The first-order valence-corrected chi connectivity index (χ1v) is 10.1. The molecule has 0 atom stereocenters. The van der Waals surface area contributed by atoms with E-state index in [1.54, 1.807) is 17.4 Å². The van der Waals surface area contributed by atoms with E-state index in [0.717, 1.165) is 44.4 Å². The molecule has 3 heterocycles. The van der Waals surface area contributed by atoms with Gasteiger partial charge in [0.2, 0.25) is 0 Å². The van der Waals surface area contributed by atoms with E-state index in [0.29, 0.717) is 25.4 Å². The van der Waals surface area contributed by atoms with Gasteiger partial charge in [-0.1, -0.05) is 12.1 Å². The number of nitrogens with zero attached hydrogens (tertiary/aromatic N) is 2. The first kappa shape index (κ1) is 17.3. The van der Waals surface area contributed by atoms with Crippen molar-refractivity contribution in [2.45, 2.75) is 20.0 Å². The fraction of sp³-hybridized carbons (Fsp3) is 0.227. The Hall–Kier alpha value is -2.83. The van der Waals surface area contributed by atoms with Crippen LogP contribution in [0.25, 0.3) is 20.8 Å². The summed E-state index contributed by atoms with van der Waals surface area (Å²) in [5.74, 6) is 2.59. The summed E-state index contributed by atoms with van der Waals surface area (Å²) in [6, 6.07) is 15.9. The Morgan fingerprint density at radius 1 is 1.18 bits per heavy atom. The van der Waals surface area contributed by atoms with Crippen molar-refractivity contribution >= 4 is 21.6 Å². The second-order valence-corrected chi connectivity index (χ2v) is 8.07. The predicted octanol–water partition coefficient (Wildman–Crippen LogP) is 4.96. The summed E-state index contributed by atoms with van der Waals surface area (Å²) in [7, 11) is 0. The number of aromatic nitrogens is 1. The van der Waals surface area contributed by atoms with Gasteiger partial charge in [-0.2, -0.15) is 0 Å². The second-order valence-electron chi connectivity index (χ2n) is 7.04. The third-order valence-electron chi connectivity index (χ3n) is 4.91. The van der Waals surface area contributed by atoms with Crippen molar-refractivity contribution < 1.29 is 14.3 Å². The van der Waals surface area contributed by atoms with Crippen LogP contribution in [0.15, 0.2) is 52.9 Å². The highest BCUT2D eigenvalue weighted by Crippen LogP contribution is 2.39. The van der Waals surface area contributed by atoms with Crippen LogP contribution in [0.4, 0.5) is 0 Å². The predicted molar refractivity (Wildman–Crippen MR) is 110 cm³/mol. The molecule has 6 heteroatoms. The molecule has 0 radical (unpaired) electrons. The molecule has 1 N–H and O–H groups in total. The molecule has 5 nitrogen and oxygen atoms in total. The number of furan rings is 1. The molecule has 28 heavy (non-hydrogen) atoms. The van der Waals surface area contributed by atoms with Crippen LogP contribution in [0.3, 0.4) is 0 Å². The van der Waals surface area contributed by atoms with Gasteiger partial charge >= 0.3 is 0 Å². The molecule has 0 bridgehead atoms. The lowest BCUT2D eigenvalue weighted by atomic mass is 10.1. The Balaban J connectivity index is 1.49. The van der Waals surface area contributed by atoms with E-state index in [2.05, 4.69) is 17.0 Å². The average molecular weight is 392 g/mol. The Morgan fingerprint density at radius 3 is 2.89 bits per heavy atom. The van der Waals surface area contributed by atoms with Crippen molar-refractivity contribution in [3.05, 3.63) is 65.6 Å². The normalized spacial score (nSPS) is 14.6.